The van der Waals surface area contributed by atoms with Crippen molar-refractivity contribution in [1.82, 2.24) is 0 Å². The van der Waals surface area contributed by atoms with Gasteiger partial charge < -0.3 is 0 Å². The lowest BCUT2D eigenvalue weighted by Crippen LogP contribution is -2.55. The fourth-order valence-electron chi connectivity index (χ4n) is 18.8. The molecule has 0 saturated heterocycles. The zero-order valence-electron chi connectivity index (χ0n) is 34.6. The van der Waals surface area contributed by atoms with Gasteiger partial charge in [0.2, 0.25) is 0 Å². The van der Waals surface area contributed by atoms with E-state index in [-0.39, 0.29) is 0 Å². The molecule has 0 radical (unpaired) electrons. The lowest BCUT2D eigenvalue weighted by molar-refractivity contribution is -0.131. The van der Waals surface area contributed by atoms with Crippen molar-refractivity contribution in [2.24, 2.45) is 123 Å². The minimum atomic E-state index is 0.509. The van der Waals surface area contributed by atoms with Gasteiger partial charge in [-0.15, -0.1) is 0 Å². The summed E-state index contributed by atoms with van der Waals surface area (Å²) in [4.78, 5) is 0. The Morgan fingerprint density at radius 2 is 1.00 bits per heavy atom. The van der Waals surface area contributed by atoms with Gasteiger partial charge in [-0.05, 0) is 187 Å². The van der Waals surface area contributed by atoms with Crippen LogP contribution in [-0.4, -0.2) is 0 Å². The number of fused-ring (bicyclic) bond motifs is 12. The molecular formula is C49H84. The molecule has 8 saturated carbocycles. The highest BCUT2D eigenvalue weighted by Gasteiger charge is 2.72. The van der Waals surface area contributed by atoms with Crippen LogP contribution < -0.4 is 0 Å². The zero-order valence-corrected chi connectivity index (χ0v) is 34.6. The van der Waals surface area contributed by atoms with Crippen molar-refractivity contribution in [3.05, 3.63) is 0 Å². The van der Waals surface area contributed by atoms with Gasteiger partial charge in [-0.3, -0.25) is 0 Å². The fraction of sp³-hybridized carbons (Fsp3) is 1.00. The second-order valence-corrected chi connectivity index (χ2v) is 22.8. The van der Waals surface area contributed by atoms with E-state index in [0.29, 0.717) is 16.2 Å². The van der Waals surface area contributed by atoms with Crippen LogP contribution in [0.25, 0.3) is 0 Å². The summed E-state index contributed by atoms with van der Waals surface area (Å²) in [5, 5.41) is 0. The molecular weight excluding hydrogens is 589 g/mol. The maximum atomic E-state index is 2.88. The summed E-state index contributed by atoms with van der Waals surface area (Å²) in [6, 6.07) is 0. The molecule has 0 N–H and O–H groups in total. The minimum Gasteiger partial charge on any atom is -0.0649 e. The molecule has 0 aliphatic heterocycles. The molecule has 0 aromatic rings. The Kier molecular flexibility index (Phi) is 9.62. The topological polar surface area (TPSA) is 0 Å². The van der Waals surface area contributed by atoms with Crippen molar-refractivity contribution in [1.29, 1.82) is 0 Å². The van der Waals surface area contributed by atoms with Gasteiger partial charge >= 0.3 is 0 Å². The van der Waals surface area contributed by atoms with E-state index in [1.165, 1.54) is 38.5 Å². The maximum absolute atomic E-state index is 2.88. The minimum absolute atomic E-state index is 0.509. The smallest absolute Gasteiger partial charge is 0.0224 e. The molecule has 49 heavy (non-hydrogen) atoms. The predicted molar refractivity (Wildman–Crippen MR) is 210 cm³/mol. The normalized spacial score (nSPS) is 54.0. The van der Waals surface area contributed by atoms with E-state index in [0.717, 1.165) is 107 Å². The molecule has 0 aromatic heterocycles. The molecule has 18 atom stereocenters. The summed E-state index contributed by atoms with van der Waals surface area (Å²) in [5.41, 5.74) is 1.62. The van der Waals surface area contributed by atoms with Crippen LogP contribution in [0.3, 0.4) is 0 Å². The average molecular weight is 673 g/mol. The van der Waals surface area contributed by atoms with Gasteiger partial charge in [0.05, 0.1) is 0 Å². The monoisotopic (exact) mass is 673 g/mol. The lowest BCUT2D eigenvalue weighted by atomic mass is 9.43. The number of hydrogen-bond acceptors (Lipinski definition) is 0. The van der Waals surface area contributed by atoms with Crippen molar-refractivity contribution in [3.63, 3.8) is 0 Å². The quantitative estimate of drug-likeness (QED) is 0.263. The van der Waals surface area contributed by atoms with Gasteiger partial charge in [0.25, 0.3) is 0 Å². The highest BCUT2D eigenvalue weighted by molar-refractivity contribution is 5.20. The van der Waals surface area contributed by atoms with Gasteiger partial charge in [0.1, 0.15) is 0 Å². The summed E-state index contributed by atoms with van der Waals surface area (Å²) >= 11 is 0. The largest absolute Gasteiger partial charge is 0.0649 e. The maximum Gasteiger partial charge on any atom is -0.0224 e. The van der Waals surface area contributed by atoms with E-state index >= 15 is 0 Å². The number of rotatable bonds is 6. The van der Waals surface area contributed by atoms with Gasteiger partial charge in [0, 0.05) is 0 Å². The second-order valence-electron chi connectivity index (χ2n) is 22.8. The van der Waals surface area contributed by atoms with Crippen molar-refractivity contribution < 1.29 is 0 Å². The first-order valence-corrected chi connectivity index (χ1v) is 23.4. The Hall–Kier alpha value is 0. The lowest BCUT2D eigenvalue weighted by Gasteiger charge is -2.62. The van der Waals surface area contributed by atoms with Crippen LogP contribution >= 0.6 is 0 Å². The van der Waals surface area contributed by atoms with Gasteiger partial charge in [-0.1, -0.05) is 121 Å². The molecule has 0 amide bonds. The highest BCUT2D eigenvalue weighted by atomic mass is 14.8. The molecule has 18 unspecified atom stereocenters. The second kappa shape index (κ2) is 13.1. The first-order chi connectivity index (χ1) is 23.4. The molecule has 8 aliphatic rings. The molecule has 1 spiro atoms. The summed E-state index contributed by atoms with van der Waals surface area (Å²) < 4.78 is 0. The molecule has 0 heterocycles. The summed E-state index contributed by atoms with van der Waals surface area (Å²) in [6.07, 6.45) is 27.8. The first kappa shape index (κ1) is 36.0. The molecule has 0 bridgehead atoms. The standard InChI is InChI=1S/C49H84/c1-11-47(9,12-2)36-26-37(48(10,13-3)14-4)28-49(27-36)45-32(8)22-39-38-24-34-18-16-15-17-33(34)23-35(38)25-40(39)44(45)42-21-31(7)43-30(6)19-29(5)20-41(43)46(42)49/h29-46H,11-28H2,1-10H3. The van der Waals surface area contributed by atoms with Crippen LogP contribution in [0, 0.1) is 123 Å². The van der Waals surface area contributed by atoms with E-state index in [1.807, 2.05) is 0 Å². The van der Waals surface area contributed by atoms with E-state index in [4.69, 9.17) is 0 Å². The van der Waals surface area contributed by atoms with Crippen LogP contribution in [0.15, 0.2) is 0 Å². The van der Waals surface area contributed by atoms with E-state index in [1.54, 1.807) is 77.0 Å². The van der Waals surface area contributed by atoms with Crippen LogP contribution in [0.1, 0.15) is 185 Å². The summed E-state index contributed by atoms with van der Waals surface area (Å²) in [7, 11) is 0. The Morgan fingerprint density at radius 3 is 1.61 bits per heavy atom. The highest BCUT2D eigenvalue weighted by Crippen LogP contribution is 2.78. The van der Waals surface area contributed by atoms with Crippen LogP contribution in [0.4, 0.5) is 0 Å². The Balaban J connectivity index is 1.26. The van der Waals surface area contributed by atoms with Gasteiger partial charge in [0.15, 0.2) is 0 Å². The fourth-order valence-corrected chi connectivity index (χ4v) is 18.8. The van der Waals surface area contributed by atoms with E-state index < -0.39 is 0 Å². The van der Waals surface area contributed by atoms with Crippen LogP contribution in [0.2, 0.25) is 0 Å². The van der Waals surface area contributed by atoms with Gasteiger partial charge in [-0.25, -0.2) is 0 Å². The van der Waals surface area contributed by atoms with Crippen molar-refractivity contribution in [2.45, 2.75) is 185 Å². The molecule has 0 aromatic carbocycles. The van der Waals surface area contributed by atoms with Crippen molar-refractivity contribution >= 4 is 0 Å². The molecule has 8 rings (SSSR count). The number of hydrogen-bond donors (Lipinski definition) is 0. The molecule has 0 heteroatoms. The Morgan fingerprint density at radius 1 is 0.469 bits per heavy atom. The first-order valence-electron chi connectivity index (χ1n) is 23.4. The Labute approximate surface area is 306 Å². The van der Waals surface area contributed by atoms with Crippen molar-refractivity contribution in [2.75, 3.05) is 0 Å². The SMILES string of the molecule is CCC(C)(CC)C1CC(C(C)(CC)CC)CC2(C1)C1C3CC(C)CC(C)C3C(C)CC1C1C3CC4CC5CCCCC5CC4C3CC(C)C12. The molecule has 8 fully saturated rings. The third-order valence-corrected chi connectivity index (χ3v) is 21.4. The summed E-state index contributed by atoms with van der Waals surface area (Å²) in [6.45, 7) is 26.9. The third kappa shape index (κ3) is 5.41. The van der Waals surface area contributed by atoms with Gasteiger partial charge in [-0.2, -0.15) is 0 Å². The summed E-state index contributed by atoms with van der Waals surface area (Å²) in [5.74, 6) is 18.4. The third-order valence-electron chi connectivity index (χ3n) is 21.4. The predicted octanol–water partition coefficient (Wildman–Crippen LogP) is 14.4. The molecule has 280 valence electrons. The Bertz CT molecular complexity index is 1130. The average Bonchev–Trinajstić information content (AvgIpc) is 3.58. The van der Waals surface area contributed by atoms with Crippen LogP contribution in [-0.2, 0) is 0 Å². The van der Waals surface area contributed by atoms with E-state index in [2.05, 4.69) is 69.2 Å². The molecule has 0 nitrogen and oxygen atoms in total. The van der Waals surface area contributed by atoms with Crippen LogP contribution in [0.5, 0.6) is 0 Å². The molecule has 8 aliphatic carbocycles. The zero-order chi connectivity index (χ0) is 34.6. The van der Waals surface area contributed by atoms with E-state index in [9.17, 15) is 0 Å². The van der Waals surface area contributed by atoms with Crippen molar-refractivity contribution in [3.8, 4) is 0 Å².